The molecule has 3 rings (SSSR count). The molecule has 1 N–H and O–H groups in total. The standard InChI is InChI=1S/C16H26N2O4/c1-21-15(19)9-12-10-18(6-7-22-12)14-8-11-4-2-3-5-13(11)17-16(14)20/h11-14H,2-10H2,1H3,(H,17,20). The van der Waals surface area contributed by atoms with Gasteiger partial charge in [-0.3, -0.25) is 14.5 Å². The molecule has 0 aromatic carbocycles. The smallest absolute Gasteiger partial charge is 0.308 e. The number of hydrogen-bond acceptors (Lipinski definition) is 5. The maximum Gasteiger partial charge on any atom is 0.308 e. The summed E-state index contributed by atoms with van der Waals surface area (Å²) in [5, 5.41) is 3.22. The van der Waals surface area contributed by atoms with E-state index >= 15 is 0 Å². The molecule has 4 unspecified atom stereocenters. The Hall–Kier alpha value is -1.14. The summed E-state index contributed by atoms with van der Waals surface area (Å²) in [6, 6.07) is 0.313. The lowest BCUT2D eigenvalue weighted by molar-refractivity contribution is -0.147. The zero-order chi connectivity index (χ0) is 15.5. The van der Waals surface area contributed by atoms with Gasteiger partial charge in [0.25, 0.3) is 0 Å². The van der Waals surface area contributed by atoms with E-state index in [1.807, 2.05) is 0 Å². The van der Waals surface area contributed by atoms with E-state index in [4.69, 9.17) is 9.47 Å². The summed E-state index contributed by atoms with van der Waals surface area (Å²) in [5.74, 6) is 0.507. The predicted molar refractivity (Wildman–Crippen MR) is 80.2 cm³/mol. The fraction of sp³-hybridized carbons (Fsp3) is 0.875. The third-order valence-corrected chi connectivity index (χ3v) is 5.30. The van der Waals surface area contributed by atoms with Crippen LogP contribution in [0.2, 0.25) is 0 Å². The average Bonchev–Trinajstić information content (AvgIpc) is 2.54. The maximum atomic E-state index is 12.4. The minimum absolute atomic E-state index is 0.0663. The first-order valence-electron chi connectivity index (χ1n) is 8.40. The van der Waals surface area contributed by atoms with Gasteiger partial charge in [0, 0.05) is 19.1 Å². The van der Waals surface area contributed by atoms with Crippen molar-refractivity contribution in [2.24, 2.45) is 5.92 Å². The number of morpholine rings is 1. The number of amides is 1. The van der Waals surface area contributed by atoms with Crippen LogP contribution in [0.15, 0.2) is 0 Å². The van der Waals surface area contributed by atoms with Crippen LogP contribution < -0.4 is 5.32 Å². The lowest BCUT2D eigenvalue weighted by atomic mass is 9.77. The highest BCUT2D eigenvalue weighted by Crippen LogP contribution is 2.33. The second-order valence-corrected chi connectivity index (χ2v) is 6.68. The number of rotatable bonds is 3. The number of carbonyl (C=O) groups excluding carboxylic acids is 2. The van der Waals surface area contributed by atoms with Gasteiger partial charge in [-0.2, -0.15) is 0 Å². The molecule has 0 bridgehead atoms. The van der Waals surface area contributed by atoms with E-state index < -0.39 is 0 Å². The normalized spacial score (nSPS) is 36.3. The number of carbonyl (C=O) groups is 2. The summed E-state index contributed by atoms with van der Waals surface area (Å²) in [6.45, 7) is 1.96. The lowest BCUT2D eigenvalue weighted by Crippen LogP contribution is -2.61. The van der Waals surface area contributed by atoms with Crippen molar-refractivity contribution >= 4 is 11.9 Å². The number of methoxy groups -OCH3 is 1. The molecule has 6 heteroatoms. The van der Waals surface area contributed by atoms with Crippen LogP contribution in [0.4, 0.5) is 0 Å². The Morgan fingerprint density at radius 2 is 2.23 bits per heavy atom. The third-order valence-electron chi connectivity index (χ3n) is 5.30. The van der Waals surface area contributed by atoms with Gasteiger partial charge in [-0.1, -0.05) is 12.8 Å². The Balaban J connectivity index is 1.60. The summed E-state index contributed by atoms with van der Waals surface area (Å²) in [6.07, 6.45) is 5.88. The first-order chi connectivity index (χ1) is 10.7. The molecule has 1 aliphatic carbocycles. The van der Waals surface area contributed by atoms with Crippen LogP contribution in [0.3, 0.4) is 0 Å². The Kier molecular flexibility index (Phi) is 4.98. The van der Waals surface area contributed by atoms with Gasteiger partial charge in [0.15, 0.2) is 0 Å². The van der Waals surface area contributed by atoms with Crippen LogP contribution in [0.1, 0.15) is 38.5 Å². The van der Waals surface area contributed by atoms with Crippen LogP contribution in [-0.4, -0.2) is 61.8 Å². The number of esters is 1. The van der Waals surface area contributed by atoms with E-state index in [1.165, 1.54) is 26.4 Å². The first kappa shape index (κ1) is 15.7. The zero-order valence-electron chi connectivity index (χ0n) is 13.3. The van der Waals surface area contributed by atoms with Gasteiger partial charge < -0.3 is 14.8 Å². The highest BCUT2D eigenvalue weighted by molar-refractivity contribution is 5.83. The molecule has 4 atom stereocenters. The zero-order valence-corrected chi connectivity index (χ0v) is 13.3. The van der Waals surface area contributed by atoms with Crippen molar-refractivity contribution in [3.63, 3.8) is 0 Å². The minimum atomic E-state index is -0.257. The van der Waals surface area contributed by atoms with Gasteiger partial charge in [-0.25, -0.2) is 0 Å². The highest BCUT2D eigenvalue weighted by Gasteiger charge is 2.40. The largest absolute Gasteiger partial charge is 0.469 e. The fourth-order valence-corrected chi connectivity index (χ4v) is 4.09. The van der Waals surface area contributed by atoms with Crippen molar-refractivity contribution in [3.8, 4) is 0 Å². The molecule has 0 radical (unpaired) electrons. The van der Waals surface area contributed by atoms with E-state index in [0.29, 0.717) is 25.1 Å². The molecule has 3 aliphatic rings. The molecule has 0 aromatic rings. The molecule has 2 aliphatic heterocycles. The second kappa shape index (κ2) is 6.96. The molecule has 1 amide bonds. The van der Waals surface area contributed by atoms with Crippen molar-refractivity contribution < 1.29 is 19.1 Å². The number of nitrogens with one attached hydrogen (secondary N) is 1. The molecule has 2 saturated heterocycles. The van der Waals surface area contributed by atoms with Gasteiger partial charge >= 0.3 is 5.97 Å². The van der Waals surface area contributed by atoms with Gasteiger partial charge in [0.1, 0.15) is 0 Å². The molecule has 22 heavy (non-hydrogen) atoms. The Labute approximate surface area is 131 Å². The Morgan fingerprint density at radius 3 is 3.05 bits per heavy atom. The van der Waals surface area contributed by atoms with Gasteiger partial charge in [0.2, 0.25) is 5.91 Å². The topological polar surface area (TPSA) is 67.9 Å². The SMILES string of the molecule is COC(=O)CC1CN(C2CC3CCCCC3NC2=O)CCO1. The number of nitrogens with zero attached hydrogens (tertiary/aromatic N) is 1. The highest BCUT2D eigenvalue weighted by atomic mass is 16.5. The van der Waals surface area contributed by atoms with Gasteiger partial charge in [0.05, 0.1) is 32.3 Å². The van der Waals surface area contributed by atoms with E-state index in [-0.39, 0.29) is 30.4 Å². The van der Waals surface area contributed by atoms with Crippen molar-refractivity contribution in [1.29, 1.82) is 0 Å². The molecule has 1 saturated carbocycles. The Morgan fingerprint density at radius 1 is 1.41 bits per heavy atom. The summed E-state index contributed by atoms with van der Waals surface area (Å²) in [4.78, 5) is 26.1. The summed E-state index contributed by atoms with van der Waals surface area (Å²) < 4.78 is 10.3. The number of hydrogen-bond donors (Lipinski definition) is 1. The number of ether oxygens (including phenoxy) is 2. The molecule has 2 heterocycles. The third kappa shape index (κ3) is 3.43. The second-order valence-electron chi connectivity index (χ2n) is 6.68. The molecule has 124 valence electrons. The minimum Gasteiger partial charge on any atom is -0.469 e. The molecular weight excluding hydrogens is 284 g/mol. The van der Waals surface area contributed by atoms with Gasteiger partial charge in [-0.15, -0.1) is 0 Å². The summed E-state index contributed by atoms with van der Waals surface area (Å²) in [7, 11) is 1.39. The molecular formula is C16H26N2O4. The van der Waals surface area contributed by atoms with Crippen LogP contribution in [-0.2, 0) is 19.1 Å². The summed E-state index contributed by atoms with van der Waals surface area (Å²) >= 11 is 0. The predicted octanol–water partition coefficient (Wildman–Crippen LogP) is 0.698. The van der Waals surface area contributed by atoms with Crippen LogP contribution in [0.5, 0.6) is 0 Å². The number of fused-ring (bicyclic) bond motifs is 1. The van der Waals surface area contributed by atoms with E-state index in [2.05, 4.69) is 10.2 Å². The van der Waals surface area contributed by atoms with Gasteiger partial charge in [-0.05, 0) is 25.2 Å². The van der Waals surface area contributed by atoms with Crippen molar-refractivity contribution in [1.82, 2.24) is 10.2 Å². The molecule has 6 nitrogen and oxygen atoms in total. The quantitative estimate of drug-likeness (QED) is 0.777. The van der Waals surface area contributed by atoms with Crippen LogP contribution in [0.25, 0.3) is 0 Å². The van der Waals surface area contributed by atoms with Crippen molar-refractivity contribution in [2.45, 2.75) is 56.7 Å². The Bertz CT molecular complexity index is 428. The monoisotopic (exact) mass is 310 g/mol. The van der Waals surface area contributed by atoms with E-state index in [9.17, 15) is 9.59 Å². The van der Waals surface area contributed by atoms with Crippen LogP contribution in [0, 0.1) is 5.92 Å². The van der Waals surface area contributed by atoms with Crippen molar-refractivity contribution in [2.75, 3.05) is 26.8 Å². The summed E-state index contributed by atoms with van der Waals surface area (Å²) in [5.41, 5.74) is 0. The van der Waals surface area contributed by atoms with Crippen molar-refractivity contribution in [3.05, 3.63) is 0 Å². The lowest BCUT2D eigenvalue weighted by Gasteiger charge is -2.45. The maximum absolute atomic E-state index is 12.4. The fourth-order valence-electron chi connectivity index (χ4n) is 4.09. The van der Waals surface area contributed by atoms with Crippen LogP contribution >= 0.6 is 0 Å². The first-order valence-corrected chi connectivity index (χ1v) is 8.40. The molecule has 3 fully saturated rings. The van der Waals surface area contributed by atoms with E-state index in [1.54, 1.807) is 0 Å². The average molecular weight is 310 g/mol. The van der Waals surface area contributed by atoms with E-state index in [0.717, 1.165) is 19.4 Å². The molecule has 0 spiro atoms. The number of piperidine rings is 1. The molecule has 0 aromatic heterocycles.